The highest BCUT2D eigenvalue weighted by molar-refractivity contribution is 7.92. The van der Waals surface area contributed by atoms with Gasteiger partial charge < -0.3 is 14.8 Å². The Morgan fingerprint density at radius 2 is 1.67 bits per heavy atom. The zero-order valence-corrected chi connectivity index (χ0v) is 15.9. The van der Waals surface area contributed by atoms with Crippen molar-refractivity contribution in [2.75, 3.05) is 36.6 Å². The molecule has 0 unspecified atom stereocenters. The standard InChI is InChI=1S/C18H20N2O6S/c1-25-16-7-5-4-6-15(16)19-17(21)12-20(27(3,23)24)14-10-8-13(9-11-14)18(22)26-2/h4-11H,12H2,1-3H3,(H,19,21). The summed E-state index contributed by atoms with van der Waals surface area (Å²) in [4.78, 5) is 23.9. The Kier molecular flexibility index (Phi) is 6.40. The Bertz CT molecular complexity index is 925. The molecule has 0 spiro atoms. The van der Waals surface area contributed by atoms with Gasteiger partial charge in [0.2, 0.25) is 15.9 Å². The number of anilines is 2. The number of esters is 1. The van der Waals surface area contributed by atoms with Crippen molar-refractivity contribution < 1.29 is 27.5 Å². The van der Waals surface area contributed by atoms with E-state index in [4.69, 9.17) is 4.74 Å². The molecule has 0 aromatic heterocycles. The zero-order valence-electron chi connectivity index (χ0n) is 15.1. The number of carbonyl (C=O) groups is 2. The van der Waals surface area contributed by atoms with E-state index in [1.807, 2.05) is 0 Å². The van der Waals surface area contributed by atoms with Crippen molar-refractivity contribution in [1.82, 2.24) is 0 Å². The molecule has 0 bridgehead atoms. The summed E-state index contributed by atoms with van der Waals surface area (Å²) in [7, 11) is -1.01. The summed E-state index contributed by atoms with van der Waals surface area (Å²) in [6.45, 7) is -0.436. The number of hydrogen-bond donors (Lipinski definition) is 1. The van der Waals surface area contributed by atoms with Crippen LogP contribution < -0.4 is 14.4 Å². The smallest absolute Gasteiger partial charge is 0.337 e. The van der Waals surface area contributed by atoms with Gasteiger partial charge in [0.25, 0.3) is 0 Å². The van der Waals surface area contributed by atoms with Gasteiger partial charge in [-0.25, -0.2) is 13.2 Å². The number of carbonyl (C=O) groups excluding carboxylic acids is 2. The van der Waals surface area contributed by atoms with Crippen molar-refractivity contribution >= 4 is 33.3 Å². The van der Waals surface area contributed by atoms with Gasteiger partial charge in [0.15, 0.2) is 0 Å². The Hall–Kier alpha value is -3.07. The van der Waals surface area contributed by atoms with Crippen LogP contribution in [-0.4, -0.2) is 47.3 Å². The van der Waals surface area contributed by atoms with Gasteiger partial charge in [-0.05, 0) is 36.4 Å². The second-order valence-electron chi connectivity index (χ2n) is 5.56. The summed E-state index contributed by atoms with van der Waals surface area (Å²) in [5.74, 6) is -0.623. The average molecular weight is 392 g/mol. The van der Waals surface area contributed by atoms with E-state index in [0.29, 0.717) is 11.4 Å². The van der Waals surface area contributed by atoms with Gasteiger partial charge in [0.05, 0.1) is 37.4 Å². The van der Waals surface area contributed by atoms with Gasteiger partial charge in [-0.3, -0.25) is 9.10 Å². The Balaban J connectivity index is 2.22. The Morgan fingerprint density at radius 3 is 2.22 bits per heavy atom. The predicted molar refractivity (Wildman–Crippen MR) is 102 cm³/mol. The van der Waals surface area contributed by atoms with E-state index in [0.717, 1.165) is 10.6 Å². The summed E-state index contributed by atoms with van der Waals surface area (Å²) < 4.78 is 35.0. The van der Waals surface area contributed by atoms with Gasteiger partial charge in [-0.2, -0.15) is 0 Å². The van der Waals surface area contributed by atoms with Gasteiger partial charge >= 0.3 is 5.97 Å². The molecule has 144 valence electrons. The molecule has 8 nitrogen and oxygen atoms in total. The summed E-state index contributed by atoms with van der Waals surface area (Å²) in [6, 6.07) is 12.5. The van der Waals surface area contributed by atoms with Crippen LogP contribution in [0.2, 0.25) is 0 Å². The number of sulfonamides is 1. The number of rotatable bonds is 7. The first-order valence-corrected chi connectivity index (χ1v) is 9.70. The van der Waals surface area contributed by atoms with Crippen LogP contribution in [0.3, 0.4) is 0 Å². The molecule has 0 saturated heterocycles. The molecule has 2 aromatic carbocycles. The van der Waals surface area contributed by atoms with E-state index in [9.17, 15) is 18.0 Å². The monoisotopic (exact) mass is 392 g/mol. The molecule has 1 N–H and O–H groups in total. The molecule has 0 saturated carbocycles. The molecule has 0 aliphatic rings. The van der Waals surface area contributed by atoms with E-state index in [2.05, 4.69) is 10.1 Å². The third-order valence-electron chi connectivity index (χ3n) is 3.64. The fraction of sp³-hybridized carbons (Fsp3) is 0.222. The minimum absolute atomic E-state index is 0.250. The molecule has 0 heterocycles. The first-order valence-electron chi connectivity index (χ1n) is 7.85. The number of amides is 1. The molecule has 0 atom stereocenters. The summed E-state index contributed by atoms with van der Waals surface area (Å²) in [6.07, 6.45) is 0.998. The summed E-state index contributed by atoms with van der Waals surface area (Å²) in [5, 5.41) is 2.63. The Labute approximate surface area is 157 Å². The van der Waals surface area contributed by atoms with Crippen molar-refractivity contribution in [2.24, 2.45) is 0 Å². The van der Waals surface area contributed by atoms with E-state index in [1.165, 1.54) is 38.5 Å². The van der Waals surface area contributed by atoms with Gasteiger partial charge in [0.1, 0.15) is 12.3 Å². The van der Waals surface area contributed by atoms with E-state index in [1.54, 1.807) is 24.3 Å². The normalized spacial score (nSPS) is 10.8. The largest absolute Gasteiger partial charge is 0.495 e. The molecule has 0 aliphatic carbocycles. The number of methoxy groups -OCH3 is 2. The van der Waals surface area contributed by atoms with E-state index < -0.39 is 28.4 Å². The van der Waals surface area contributed by atoms with E-state index >= 15 is 0 Å². The highest BCUT2D eigenvalue weighted by Gasteiger charge is 2.22. The van der Waals surface area contributed by atoms with Crippen molar-refractivity contribution in [3.8, 4) is 5.75 Å². The fourth-order valence-electron chi connectivity index (χ4n) is 2.35. The second kappa shape index (κ2) is 8.54. The van der Waals surface area contributed by atoms with Crippen molar-refractivity contribution in [3.05, 3.63) is 54.1 Å². The molecule has 0 radical (unpaired) electrons. The number of benzene rings is 2. The summed E-state index contributed by atoms with van der Waals surface area (Å²) >= 11 is 0. The SMILES string of the molecule is COC(=O)c1ccc(N(CC(=O)Nc2ccccc2OC)S(C)(=O)=O)cc1. The average Bonchev–Trinajstić information content (AvgIpc) is 2.65. The Morgan fingerprint density at radius 1 is 1.04 bits per heavy atom. The third-order valence-corrected chi connectivity index (χ3v) is 4.79. The number of ether oxygens (including phenoxy) is 2. The fourth-order valence-corrected chi connectivity index (χ4v) is 3.21. The number of hydrogen-bond acceptors (Lipinski definition) is 6. The van der Waals surface area contributed by atoms with Crippen LogP contribution in [0.15, 0.2) is 48.5 Å². The van der Waals surface area contributed by atoms with Gasteiger partial charge in [-0.15, -0.1) is 0 Å². The molecule has 1 amide bonds. The van der Waals surface area contributed by atoms with Gasteiger partial charge in [-0.1, -0.05) is 12.1 Å². The van der Waals surface area contributed by atoms with Crippen LogP contribution in [0.4, 0.5) is 11.4 Å². The lowest BCUT2D eigenvalue weighted by Crippen LogP contribution is -2.37. The number of para-hydroxylation sites is 2. The predicted octanol–water partition coefficient (Wildman–Crippen LogP) is 1.89. The zero-order chi connectivity index (χ0) is 20.0. The van der Waals surface area contributed by atoms with Crippen LogP contribution in [0.5, 0.6) is 5.75 Å². The first kappa shape index (κ1) is 20.2. The van der Waals surface area contributed by atoms with Crippen LogP contribution in [0.25, 0.3) is 0 Å². The number of nitrogens with one attached hydrogen (secondary N) is 1. The lowest BCUT2D eigenvalue weighted by molar-refractivity contribution is -0.114. The molecular weight excluding hydrogens is 372 g/mol. The molecular formula is C18H20N2O6S. The molecule has 9 heteroatoms. The topological polar surface area (TPSA) is 102 Å². The second-order valence-corrected chi connectivity index (χ2v) is 7.46. The first-order chi connectivity index (χ1) is 12.8. The lowest BCUT2D eigenvalue weighted by atomic mass is 10.2. The van der Waals surface area contributed by atoms with Crippen LogP contribution in [0.1, 0.15) is 10.4 Å². The van der Waals surface area contributed by atoms with Crippen molar-refractivity contribution in [2.45, 2.75) is 0 Å². The molecule has 27 heavy (non-hydrogen) atoms. The maximum absolute atomic E-state index is 12.4. The van der Waals surface area contributed by atoms with Gasteiger partial charge in [0, 0.05) is 0 Å². The lowest BCUT2D eigenvalue weighted by Gasteiger charge is -2.22. The van der Waals surface area contributed by atoms with Crippen LogP contribution >= 0.6 is 0 Å². The highest BCUT2D eigenvalue weighted by atomic mass is 32.2. The van der Waals surface area contributed by atoms with Crippen LogP contribution in [0, 0.1) is 0 Å². The minimum Gasteiger partial charge on any atom is -0.495 e. The maximum Gasteiger partial charge on any atom is 0.337 e. The molecule has 0 fully saturated rings. The summed E-state index contributed by atoms with van der Waals surface area (Å²) in [5.41, 5.74) is 0.952. The third kappa shape index (κ3) is 5.20. The quantitative estimate of drug-likeness (QED) is 0.722. The number of nitrogens with zero attached hydrogens (tertiary/aromatic N) is 1. The van der Waals surface area contributed by atoms with Crippen molar-refractivity contribution in [1.29, 1.82) is 0 Å². The van der Waals surface area contributed by atoms with Crippen molar-refractivity contribution in [3.63, 3.8) is 0 Å². The molecule has 2 aromatic rings. The van der Waals surface area contributed by atoms with Crippen LogP contribution in [-0.2, 0) is 19.6 Å². The van der Waals surface area contributed by atoms with E-state index in [-0.39, 0.29) is 11.3 Å². The maximum atomic E-state index is 12.4. The minimum atomic E-state index is -3.73. The molecule has 0 aliphatic heterocycles. The highest BCUT2D eigenvalue weighted by Crippen LogP contribution is 2.24. The molecule has 2 rings (SSSR count).